The zero-order valence-electron chi connectivity index (χ0n) is 13.1. The average Bonchev–Trinajstić information content (AvgIpc) is 3.24. The van der Waals surface area contributed by atoms with Crippen LogP contribution in [0, 0.1) is 0 Å². The second kappa shape index (κ2) is 6.28. The summed E-state index contributed by atoms with van der Waals surface area (Å²) in [5, 5.41) is 4.09. The molecule has 0 saturated carbocycles. The first kappa shape index (κ1) is 14.6. The van der Waals surface area contributed by atoms with Crippen molar-refractivity contribution in [1.82, 2.24) is 15.0 Å². The van der Waals surface area contributed by atoms with Crippen LogP contribution in [-0.2, 0) is 11.3 Å². The van der Waals surface area contributed by atoms with Gasteiger partial charge in [-0.25, -0.2) is 0 Å². The Kier molecular flexibility index (Phi) is 3.83. The van der Waals surface area contributed by atoms with Crippen molar-refractivity contribution in [1.29, 1.82) is 0 Å². The number of hydrogen-bond acceptors (Lipinski definition) is 4. The fraction of sp³-hybridized carbons (Fsp3) is 0.211. The van der Waals surface area contributed by atoms with E-state index in [1.807, 2.05) is 65.6 Å². The van der Waals surface area contributed by atoms with E-state index < -0.39 is 0 Å². The number of likely N-dealkylation sites (tertiary alicyclic amines) is 1. The van der Waals surface area contributed by atoms with E-state index in [0.717, 1.165) is 11.1 Å². The number of aromatic nitrogens is 2. The summed E-state index contributed by atoms with van der Waals surface area (Å²) in [5.41, 5.74) is 2.02. The second-order valence-electron chi connectivity index (χ2n) is 5.98. The fourth-order valence-corrected chi connectivity index (χ4v) is 3.00. The third-order valence-electron chi connectivity index (χ3n) is 4.26. The van der Waals surface area contributed by atoms with Gasteiger partial charge in [0, 0.05) is 31.0 Å². The van der Waals surface area contributed by atoms with Crippen molar-refractivity contribution in [2.24, 2.45) is 0 Å². The topological polar surface area (TPSA) is 59.2 Å². The lowest BCUT2D eigenvalue weighted by Crippen LogP contribution is -2.24. The molecular formula is C19H17N3O2. The maximum absolute atomic E-state index is 12.3. The maximum atomic E-state index is 12.3. The zero-order valence-corrected chi connectivity index (χ0v) is 13.1. The SMILES string of the molecule is O=C1C[C@H](c2noc(-c3ccccc3)n2)CN1Cc1ccccc1. The molecule has 1 saturated heterocycles. The van der Waals surface area contributed by atoms with E-state index in [1.165, 1.54) is 0 Å². The van der Waals surface area contributed by atoms with E-state index in [9.17, 15) is 4.79 Å². The molecule has 2 aromatic carbocycles. The van der Waals surface area contributed by atoms with Crippen LogP contribution >= 0.6 is 0 Å². The molecule has 0 spiro atoms. The molecule has 5 heteroatoms. The van der Waals surface area contributed by atoms with Gasteiger partial charge < -0.3 is 9.42 Å². The Morgan fingerprint density at radius 2 is 1.75 bits per heavy atom. The molecule has 24 heavy (non-hydrogen) atoms. The molecule has 1 aromatic heterocycles. The molecule has 0 aliphatic carbocycles. The van der Waals surface area contributed by atoms with Gasteiger partial charge in [0.15, 0.2) is 5.82 Å². The molecule has 1 fully saturated rings. The lowest BCUT2D eigenvalue weighted by molar-refractivity contribution is -0.128. The van der Waals surface area contributed by atoms with Crippen LogP contribution in [0.2, 0.25) is 0 Å². The van der Waals surface area contributed by atoms with E-state index in [1.54, 1.807) is 0 Å². The molecule has 4 rings (SSSR count). The minimum Gasteiger partial charge on any atom is -0.338 e. The van der Waals surface area contributed by atoms with Crippen LogP contribution in [0.25, 0.3) is 11.5 Å². The molecule has 1 amide bonds. The van der Waals surface area contributed by atoms with Crippen LogP contribution in [0.5, 0.6) is 0 Å². The van der Waals surface area contributed by atoms with Crippen LogP contribution < -0.4 is 0 Å². The first-order chi connectivity index (χ1) is 11.8. The van der Waals surface area contributed by atoms with Crippen molar-refractivity contribution >= 4 is 5.91 Å². The number of benzene rings is 2. The quantitative estimate of drug-likeness (QED) is 0.740. The van der Waals surface area contributed by atoms with E-state index in [2.05, 4.69) is 10.1 Å². The second-order valence-corrected chi connectivity index (χ2v) is 5.98. The first-order valence-electron chi connectivity index (χ1n) is 8.00. The van der Waals surface area contributed by atoms with Gasteiger partial charge in [-0.1, -0.05) is 53.7 Å². The Balaban J connectivity index is 1.48. The van der Waals surface area contributed by atoms with Crippen LogP contribution in [0.1, 0.15) is 23.7 Å². The van der Waals surface area contributed by atoms with E-state index in [4.69, 9.17) is 4.52 Å². The van der Waals surface area contributed by atoms with Crippen LogP contribution in [0.3, 0.4) is 0 Å². The molecular weight excluding hydrogens is 302 g/mol. The highest BCUT2D eigenvalue weighted by molar-refractivity contribution is 5.79. The molecule has 2 heterocycles. The number of amides is 1. The highest BCUT2D eigenvalue weighted by Crippen LogP contribution is 2.29. The van der Waals surface area contributed by atoms with Crippen molar-refractivity contribution in [2.75, 3.05) is 6.54 Å². The van der Waals surface area contributed by atoms with Crippen molar-refractivity contribution < 1.29 is 9.32 Å². The minimum absolute atomic E-state index is 0.0116. The van der Waals surface area contributed by atoms with E-state index in [0.29, 0.717) is 31.2 Å². The summed E-state index contributed by atoms with van der Waals surface area (Å²) in [6.45, 7) is 1.25. The van der Waals surface area contributed by atoms with Crippen LogP contribution in [0.4, 0.5) is 0 Å². The van der Waals surface area contributed by atoms with E-state index in [-0.39, 0.29) is 11.8 Å². The molecule has 1 aliphatic rings. The molecule has 0 bridgehead atoms. The van der Waals surface area contributed by atoms with E-state index >= 15 is 0 Å². The molecule has 0 N–H and O–H groups in total. The standard InChI is InChI=1S/C19H17N3O2/c23-17-11-16(13-22(17)12-14-7-3-1-4-8-14)18-20-19(24-21-18)15-9-5-2-6-10-15/h1-10,16H,11-13H2/t16-/m0/s1. The third-order valence-corrected chi connectivity index (χ3v) is 4.26. The van der Waals surface area contributed by atoms with Gasteiger partial charge in [0.05, 0.1) is 0 Å². The summed E-state index contributed by atoms with van der Waals surface area (Å²) in [4.78, 5) is 18.6. The minimum atomic E-state index is -0.0116. The van der Waals surface area contributed by atoms with Crippen molar-refractivity contribution in [3.05, 3.63) is 72.1 Å². The first-order valence-corrected chi connectivity index (χ1v) is 8.00. The summed E-state index contributed by atoms with van der Waals surface area (Å²) in [6, 6.07) is 19.7. The maximum Gasteiger partial charge on any atom is 0.257 e. The van der Waals surface area contributed by atoms with Gasteiger partial charge in [-0.05, 0) is 17.7 Å². The van der Waals surface area contributed by atoms with Gasteiger partial charge in [0.25, 0.3) is 5.89 Å². The van der Waals surface area contributed by atoms with Gasteiger partial charge in [-0.3, -0.25) is 4.79 Å². The summed E-state index contributed by atoms with van der Waals surface area (Å²) < 4.78 is 5.36. The molecule has 3 aromatic rings. The van der Waals surface area contributed by atoms with Gasteiger partial charge >= 0.3 is 0 Å². The lowest BCUT2D eigenvalue weighted by atomic mass is 10.1. The molecule has 1 aliphatic heterocycles. The summed E-state index contributed by atoms with van der Waals surface area (Å²) in [5.74, 6) is 1.23. The van der Waals surface area contributed by atoms with Crippen LogP contribution in [0.15, 0.2) is 65.2 Å². The van der Waals surface area contributed by atoms with Crippen molar-refractivity contribution in [3.63, 3.8) is 0 Å². The summed E-state index contributed by atoms with van der Waals surface area (Å²) in [6.07, 6.45) is 0.431. The Morgan fingerprint density at radius 3 is 2.50 bits per heavy atom. The van der Waals surface area contributed by atoms with Crippen molar-refractivity contribution in [3.8, 4) is 11.5 Å². The average molecular weight is 319 g/mol. The van der Waals surface area contributed by atoms with Gasteiger partial charge in [0.2, 0.25) is 5.91 Å². The Hall–Kier alpha value is -2.95. The Labute approximate surface area is 139 Å². The summed E-state index contributed by atoms with van der Waals surface area (Å²) >= 11 is 0. The fourth-order valence-electron chi connectivity index (χ4n) is 3.00. The monoisotopic (exact) mass is 319 g/mol. The predicted molar refractivity (Wildman–Crippen MR) is 89.0 cm³/mol. The normalized spacial score (nSPS) is 17.4. The number of carbonyl (C=O) groups excluding carboxylic acids is 1. The highest BCUT2D eigenvalue weighted by atomic mass is 16.5. The molecule has 120 valence electrons. The Bertz CT molecular complexity index is 830. The molecule has 0 radical (unpaired) electrons. The van der Waals surface area contributed by atoms with Crippen LogP contribution in [-0.4, -0.2) is 27.5 Å². The largest absolute Gasteiger partial charge is 0.338 e. The Morgan fingerprint density at radius 1 is 1.04 bits per heavy atom. The number of rotatable bonds is 4. The predicted octanol–water partition coefficient (Wildman–Crippen LogP) is 3.25. The summed E-state index contributed by atoms with van der Waals surface area (Å²) in [7, 11) is 0. The molecule has 5 nitrogen and oxygen atoms in total. The smallest absolute Gasteiger partial charge is 0.257 e. The zero-order chi connectivity index (χ0) is 16.4. The van der Waals surface area contributed by atoms with Crippen molar-refractivity contribution in [2.45, 2.75) is 18.9 Å². The molecule has 0 unspecified atom stereocenters. The lowest BCUT2D eigenvalue weighted by Gasteiger charge is -2.15. The highest BCUT2D eigenvalue weighted by Gasteiger charge is 2.33. The van der Waals surface area contributed by atoms with Gasteiger partial charge in [0.1, 0.15) is 0 Å². The molecule has 1 atom stereocenters. The number of carbonyl (C=O) groups is 1. The third kappa shape index (κ3) is 2.93. The van der Waals surface area contributed by atoms with Gasteiger partial charge in [-0.15, -0.1) is 0 Å². The number of nitrogens with zero attached hydrogens (tertiary/aromatic N) is 3. The van der Waals surface area contributed by atoms with Gasteiger partial charge in [-0.2, -0.15) is 4.98 Å². The number of hydrogen-bond donors (Lipinski definition) is 0.